The van der Waals surface area contributed by atoms with E-state index in [1.54, 1.807) is 49.9 Å². The number of ether oxygens (including phenoxy) is 2. The van der Waals surface area contributed by atoms with Crippen molar-refractivity contribution >= 4 is 23.7 Å². The monoisotopic (exact) mass is 606 g/mol. The number of ketones is 2. The van der Waals surface area contributed by atoms with Crippen LogP contribution >= 0.6 is 0 Å². The largest absolute Gasteiger partial charge is 2.00 e. The fourth-order valence-electron chi connectivity index (χ4n) is 3.53. The number of aliphatic hydroxyl groups is 1. The third-order valence-electron chi connectivity index (χ3n) is 5.71. The van der Waals surface area contributed by atoms with Gasteiger partial charge in [-0.15, -0.1) is 0 Å². The summed E-state index contributed by atoms with van der Waals surface area (Å²) in [6, 6.07) is 9.19. The first kappa shape index (κ1) is 34.5. The smallest absolute Gasteiger partial charge is 0.507 e. The molecule has 214 valence electrons. The Balaban J connectivity index is 0.000000927. The van der Waals surface area contributed by atoms with Crippen LogP contribution < -0.4 is 9.47 Å². The fraction of sp³-hybridized carbons (Fsp3) is 0.0588. The van der Waals surface area contributed by atoms with Gasteiger partial charge < -0.3 is 24.8 Å². The zero-order chi connectivity index (χ0) is 29.6. The molecule has 8 heteroatoms. The summed E-state index contributed by atoms with van der Waals surface area (Å²) in [5.41, 5.74) is 1.07. The van der Waals surface area contributed by atoms with Crippen LogP contribution in [0.1, 0.15) is 11.1 Å². The Bertz CT molecular complexity index is 1310. The van der Waals surface area contributed by atoms with E-state index in [1.807, 2.05) is 32.1 Å². The first-order valence-corrected chi connectivity index (χ1v) is 12.5. The number of aromatic hydroxyl groups is 2. The molecule has 0 atom stereocenters. The van der Waals surface area contributed by atoms with Crippen LogP contribution in [-0.2, 0) is 26.7 Å². The van der Waals surface area contributed by atoms with Gasteiger partial charge in [-0.05, 0) is 117 Å². The maximum absolute atomic E-state index is 13.0. The summed E-state index contributed by atoms with van der Waals surface area (Å²) < 4.78 is 10.2. The van der Waals surface area contributed by atoms with Gasteiger partial charge in [0, 0.05) is 0 Å². The quantitative estimate of drug-likeness (QED) is 0.136. The maximum Gasteiger partial charge on any atom is 2.00 e. The molecule has 2 saturated carbocycles. The first-order chi connectivity index (χ1) is 19.8. The summed E-state index contributed by atoms with van der Waals surface area (Å²) >= 11 is 0. The second kappa shape index (κ2) is 17.9. The summed E-state index contributed by atoms with van der Waals surface area (Å²) in [6.45, 7) is 0. The van der Waals surface area contributed by atoms with E-state index in [4.69, 9.17) is 9.47 Å². The van der Waals surface area contributed by atoms with Crippen LogP contribution in [0.4, 0.5) is 0 Å². The van der Waals surface area contributed by atoms with Gasteiger partial charge in [-0.3, -0.25) is 9.59 Å². The van der Waals surface area contributed by atoms with Crippen LogP contribution in [0.3, 0.4) is 0 Å². The van der Waals surface area contributed by atoms with E-state index in [2.05, 4.69) is 0 Å². The normalized spacial score (nSPS) is 15.8. The summed E-state index contributed by atoms with van der Waals surface area (Å²) in [5.74, 6) is -0.362. The molecule has 0 aromatic heterocycles. The molecule has 4 rings (SSSR count). The van der Waals surface area contributed by atoms with Crippen molar-refractivity contribution in [2.24, 2.45) is 0 Å². The number of hydrogen-bond acceptors (Lipinski definition) is 7. The average Bonchev–Trinajstić information content (AvgIpc) is 3.74. The van der Waals surface area contributed by atoms with E-state index in [-0.39, 0.29) is 57.2 Å². The second-order valence-corrected chi connectivity index (χ2v) is 8.53. The number of allylic oxidation sites excluding steroid dienone is 5. The molecule has 2 aromatic rings. The number of rotatable bonds is 10. The molecule has 0 aliphatic heterocycles. The molecule has 2 aromatic carbocycles. The van der Waals surface area contributed by atoms with Crippen molar-refractivity contribution in [1.29, 1.82) is 0 Å². The topological polar surface area (TPSA) is 113 Å². The molecule has 7 nitrogen and oxygen atoms in total. The average molecular weight is 606 g/mol. The van der Waals surface area contributed by atoms with Crippen molar-refractivity contribution in [3.05, 3.63) is 147 Å². The molecule has 10 radical (unpaired) electrons. The minimum atomic E-state index is -0.556. The number of aliphatic hydroxyl groups excluding tert-OH is 1. The molecule has 2 fully saturated rings. The molecule has 0 spiro atoms. The zero-order valence-electron chi connectivity index (χ0n) is 23.0. The Morgan fingerprint density at radius 3 is 1.62 bits per heavy atom. The van der Waals surface area contributed by atoms with Crippen LogP contribution in [0.25, 0.3) is 12.2 Å². The molecule has 2 aliphatic carbocycles. The molecule has 0 amide bonds. The van der Waals surface area contributed by atoms with E-state index in [0.717, 1.165) is 0 Å². The molecule has 0 unspecified atom stereocenters. The Hall–Kier alpha value is -3.74. The van der Waals surface area contributed by atoms with Crippen LogP contribution in [0.2, 0.25) is 0 Å². The number of methoxy groups -OCH3 is 2. The number of carbonyl (C=O) groups is 2. The van der Waals surface area contributed by atoms with E-state index in [0.29, 0.717) is 17.0 Å². The predicted octanol–water partition coefficient (Wildman–Crippen LogP) is 5.77. The summed E-state index contributed by atoms with van der Waals surface area (Å²) in [4.78, 5) is 25.4. The van der Waals surface area contributed by atoms with E-state index >= 15 is 0 Å². The number of phenolic OH excluding ortho intramolecular Hbond substituents is 2. The van der Waals surface area contributed by atoms with Crippen LogP contribution in [0.5, 0.6) is 23.0 Å². The Morgan fingerprint density at radius 1 is 0.667 bits per heavy atom. The number of carbonyl (C=O) groups excluding carboxylic acids is 2. The van der Waals surface area contributed by atoms with Crippen molar-refractivity contribution in [3.8, 4) is 23.0 Å². The van der Waals surface area contributed by atoms with Crippen molar-refractivity contribution in [3.63, 3.8) is 0 Å². The molecule has 2 aliphatic rings. The standard InChI is InChI=1S/C29H25O7.C5H5.Fe/c1-35-28-17-19(9-14-26(28)33)7-12-24(31)22(11-16-23(30)21-5-3-4-6-21)25(32)13-8-20-10-15-27(34)29(18-20)36-2;1-2-4-5-3-1;/h3-18,31,33-34H,1-2H3;1-5H;/q;;+2/b12-7+,13-8+,16-11+,24-22-;;. The first-order valence-electron chi connectivity index (χ1n) is 12.5. The Labute approximate surface area is 258 Å². The van der Waals surface area contributed by atoms with Gasteiger partial charge in [0.05, 0.1) is 25.7 Å². The Kier molecular flexibility index (Phi) is 14.7. The van der Waals surface area contributed by atoms with Crippen molar-refractivity contribution in [1.82, 2.24) is 0 Å². The van der Waals surface area contributed by atoms with Crippen LogP contribution in [-0.4, -0.2) is 41.1 Å². The minimum absolute atomic E-state index is 0. The SMILES string of the molecule is COc1cc(/C=C/C(=O)C(/C=C/C(=O)[C]2[CH][CH][CH][CH]2)=C(O)/C=C/c2ccc(O)c(OC)c2)ccc1O.[CH]1[CH][CH][CH][CH]1.[Fe+2]. The molecule has 42 heavy (non-hydrogen) atoms. The number of benzene rings is 2. The van der Waals surface area contributed by atoms with Gasteiger partial charge in [0.2, 0.25) is 0 Å². The summed E-state index contributed by atoms with van der Waals surface area (Å²) in [7, 11) is 2.83. The van der Waals surface area contributed by atoms with E-state index in [9.17, 15) is 24.9 Å². The zero-order valence-corrected chi connectivity index (χ0v) is 24.1. The fourth-order valence-corrected chi connectivity index (χ4v) is 3.53. The second-order valence-electron chi connectivity index (χ2n) is 8.53. The molecule has 0 saturated heterocycles. The number of hydrogen-bond donors (Lipinski definition) is 3. The van der Waals surface area contributed by atoms with Gasteiger partial charge in [-0.2, -0.15) is 0 Å². The predicted molar refractivity (Wildman–Crippen MR) is 158 cm³/mol. The molecular weight excluding hydrogens is 576 g/mol. The summed E-state index contributed by atoms with van der Waals surface area (Å²) in [5, 5.41) is 30.2. The minimum Gasteiger partial charge on any atom is -0.507 e. The Morgan fingerprint density at radius 2 is 1.14 bits per heavy atom. The van der Waals surface area contributed by atoms with Gasteiger partial charge >= 0.3 is 17.1 Å². The molecule has 0 heterocycles. The van der Waals surface area contributed by atoms with Crippen molar-refractivity contribution in [2.75, 3.05) is 14.2 Å². The maximum atomic E-state index is 13.0. The van der Waals surface area contributed by atoms with Gasteiger partial charge in [-0.25, -0.2) is 0 Å². The molecular formula is C34H30FeO7+2. The number of phenols is 2. The van der Waals surface area contributed by atoms with E-state index < -0.39 is 5.78 Å². The third-order valence-corrected chi connectivity index (χ3v) is 5.71. The third kappa shape index (κ3) is 10.6. The van der Waals surface area contributed by atoms with Crippen LogP contribution in [0.15, 0.2) is 72.0 Å². The van der Waals surface area contributed by atoms with E-state index in [1.165, 1.54) is 62.8 Å². The van der Waals surface area contributed by atoms with Gasteiger partial charge in [-0.1, -0.05) is 24.3 Å². The van der Waals surface area contributed by atoms with Gasteiger partial charge in [0.25, 0.3) is 0 Å². The molecule has 0 bridgehead atoms. The van der Waals surface area contributed by atoms with Crippen LogP contribution in [0, 0.1) is 63.7 Å². The van der Waals surface area contributed by atoms with Gasteiger partial charge in [0.1, 0.15) is 5.76 Å². The van der Waals surface area contributed by atoms with Crippen molar-refractivity contribution < 1.29 is 51.5 Å². The van der Waals surface area contributed by atoms with Crippen molar-refractivity contribution in [2.45, 2.75) is 0 Å². The van der Waals surface area contributed by atoms with Gasteiger partial charge in [0.15, 0.2) is 34.6 Å². The summed E-state index contributed by atoms with van der Waals surface area (Å²) in [6.07, 6.45) is 24.8. The molecule has 3 N–H and O–H groups in total.